The van der Waals surface area contributed by atoms with Gasteiger partial charge < -0.3 is 9.84 Å². The van der Waals surface area contributed by atoms with Crippen molar-refractivity contribution in [3.63, 3.8) is 0 Å². The van der Waals surface area contributed by atoms with Crippen molar-refractivity contribution in [3.05, 3.63) is 86.1 Å². The number of ether oxygens (including phenoxy) is 1. The number of nitrogens with one attached hydrogen (secondary N) is 1. The van der Waals surface area contributed by atoms with E-state index < -0.39 is 23.2 Å². The number of H-pyrrole nitrogens is 1. The van der Waals surface area contributed by atoms with Crippen molar-refractivity contribution in [1.82, 2.24) is 14.6 Å². The first-order valence-electron chi connectivity index (χ1n) is 11.1. The Balaban J connectivity index is 1.81. The van der Waals surface area contributed by atoms with Crippen molar-refractivity contribution in [3.8, 4) is 17.3 Å². The highest BCUT2D eigenvalue weighted by molar-refractivity contribution is 6.04. The lowest BCUT2D eigenvalue weighted by atomic mass is 9.99. The standard InChI is InChI=1S/C25H26N4O5/c1-4-21(30)29-20(16-10-12-17(13-11-16)34-5-2)14-18(27-29)22-23(31)26-25(33)28(24(22)32)19-9-7-6-8-15(19)3/h6-13,20,32H,4-5,14H2,1-3H3,(H,26,31,33)/t20-/m0/s1. The fourth-order valence-corrected chi connectivity index (χ4v) is 4.09. The molecule has 3 aromatic rings. The SMILES string of the molecule is CCOc1ccc([C@@H]2CC(c3c(O)n(-c4ccccc4C)c(=O)[nH]c3=O)=NN2C(=O)CC)cc1. The Morgan fingerprint density at radius 3 is 2.50 bits per heavy atom. The molecule has 9 heteroatoms. The minimum atomic E-state index is -0.762. The lowest BCUT2D eigenvalue weighted by molar-refractivity contribution is -0.132. The largest absolute Gasteiger partial charge is 0.494 e. The molecule has 34 heavy (non-hydrogen) atoms. The number of aryl methyl sites for hydroxylation is 1. The maximum absolute atomic E-state index is 12.8. The smallest absolute Gasteiger partial charge is 0.335 e. The van der Waals surface area contributed by atoms with Crippen LogP contribution in [0.5, 0.6) is 11.6 Å². The molecule has 1 aliphatic rings. The number of aromatic hydroxyl groups is 1. The highest BCUT2D eigenvalue weighted by Gasteiger charge is 2.35. The van der Waals surface area contributed by atoms with Crippen LogP contribution in [0.25, 0.3) is 5.69 Å². The van der Waals surface area contributed by atoms with Gasteiger partial charge in [0.05, 0.1) is 24.0 Å². The van der Waals surface area contributed by atoms with Gasteiger partial charge in [-0.1, -0.05) is 37.3 Å². The van der Waals surface area contributed by atoms with Crippen LogP contribution in [0.4, 0.5) is 0 Å². The zero-order valence-electron chi connectivity index (χ0n) is 19.2. The summed E-state index contributed by atoms with van der Waals surface area (Å²) < 4.78 is 6.54. The van der Waals surface area contributed by atoms with Gasteiger partial charge in [-0.05, 0) is 43.2 Å². The van der Waals surface area contributed by atoms with E-state index in [-0.39, 0.29) is 30.0 Å². The van der Waals surface area contributed by atoms with Crippen LogP contribution in [0.1, 0.15) is 49.4 Å². The van der Waals surface area contributed by atoms with E-state index in [9.17, 15) is 19.5 Å². The highest BCUT2D eigenvalue weighted by Crippen LogP contribution is 2.35. The van der Waals surface area contributed by atoms with E-state index in [2.05, 4.69) is 10.1 Å². The average molecular weight is 463 g/mol. The molecule has 9 nitrogen and oxygen atoms in total. The number of para-hydroxylation sites is 1. The van der Waals surface area contributed by atoms with Gasteiger partial charge in [-0.25, -0.2) is 14.4 Å². The topological polar surface area (TPSA) is 117 Å². The monoisotopic (exact) mass is 462 g/mol. The third-order valence-electron chi connectivity index (χ3n) is 5.78. The number of hydrogen-bond donors (Lipinski definition) is 2. The van der Waals surface area contributed by atoms with Gasteiger partial charge in [0.2, 0.25) is 11.8 Å². The number of benzene rings is 2. The molecule has 4 rings (SSSR count). The number of aromatic nitrogens is 2. The second-order valence-electron chi connectivity index (χ2n) is 7.94. The van der Waals surface area contributed by atoms with E-state index >= 15 is 0 Å². The van der Waals surface area contributed by atoms with Crippen LogP contribution < -0.4 is 16.0 Å². The number of carbonyl (C=O) groups excluding carboxylic acids is 1. The molecular weight excluding hydrogens is 436 g/mol. The fourth-order valence-electron chi connectivity index (χ4n) is 4.09. The molecule has 0 saturated heterocycles. The summed E-state index contributed by atoms with van der Waals surface area (Å²) in [6.07, 6.45) is 0.414. The summed E-state index contributed by atoms with van der Waals surface area (Å²) in [5.41, 5.74) is 0.553. The van der Waals surface area contributed by atoms with E-state index in [4.69, 9.17) is 4.74 Å². The van der Waals surface area contributed by atoms with Crippen LogP contribution in [-0.2, 0) is 4.79 Å². The average Bonchev–Trinajstić information content (AvgIpc) is 3.25. The Kier molecular flexibility index (Phi) is 6.36. The van der Waals surface area contributed by atoms with Crippen molar-refractivity contribution in [1.29, 1.82) is 0 Å². The predicted octanol–water partition coefficient (Wildman–Crippen LogP) is 3.03. The number of carbonyl (C=O) groups is 1. The predicted molar refractivity (Wildman–Crippen MR) is 128 cm³/mol. The van der Waals surface area contributed by atoms with Crippen molar-refractivity contribution in [2.45, 2.75) is 39.7 Å². The molecule has 1 aromatic heterocycles. The third-order valence-corrected chi connectivity index (χ3v) is 5.78. The first kappa shape index (κ1) is 23.0. The number of hydrogen-bond acceptors (Lipinski definition) is 6. The van der Waals surface area contributed by atoms with Crippen molar-refractivity contribution in [2.24, 2.45) is 5.10 Å². The molecule has 0 unspecified atom stereocenters. The Bertz CT molecular complexity index is 1370. The zero-order valence-corrected chi connectivity index (χ0v) is 19.2. The molecule has 1 atom stereocenters. The Morgan fingerprint density at radius 2 is 1.85 bits per heavy atom. The minimum absolute atomic E-state index is 0.134. The van der Waals surface area contributed by atoms with Crippen molar-refractivity contribution < 1.29 is 14.6 Å². The van der Waals surface area contributed by atoms with Gasteiger partial charge in [-0.15, -0.1) is 0 Å². The summed E-state index contributed by atoms with van der Waals surface area (Å²) in [4.78, 5) is 40.4. The molecule has 0 fully saturated rings. The first-order chi connectivity index (χ1) is 16.3. The van der Waals surface area contributed by atoms with Gasteiger partial charge in [0, 0.05) is 12.8 Å². The van der Waals surface area contributed by atoms with Gasteiger partial charge in [0.1, 0.15) is 11.3 Å². The first-order valence-corrected chi connectivity index (χ1v) is 11.1. The van der Waals surface area contributed by atoms with Crippen LogP contribution in [0.3, 0.4) is 0 Å². The summed E-state index contributed by atoms with van der Waals surface area (Å²) in [6, 6.07) is 13.9. The molecule has 2 aromatic carbocycles. The molecule has 0 spiro atoms. The summed E-state index contributed by atoms with van der Waals surface area (Å²) in [6.45, 7) is 5.96. The highest BCUT2D eigenvalue weighted by atomic mass is 16.5. The molecule has 0 radical (unpaired) electrons. The maximum Gasteiger partial charge on any atom is 0.335 e. The van der Waals surface area contributed by atoms with Gasteiger partial charge >= 0.3 is 5.69 Å². The van der Waals surface area contributed by atoms with Crippen molar-refractivity contribution >= 4 is 11.6 Å². The second-order valence-corrected chi connectivity index (χ2v) is 7.94. The Hall–Kier alpha value is -4.14. The van der Waals surface area contributed by atoms with E-state index in [1.165, 1.54) is 5.01 Å². The Labute approximate surface area is 195 Å². The zero-order chi connectivity index (χ0) is 24.4. The quantitative estimate of drug-likeness (QED) is 0.584. The third kappa shape index (κ3) is 4.12. The van der Waals surface area contributed by atoms with E-state index in [1.54, 1.807) is 32.0 Å². The number of nitrogens with zero attached hydrogens (tertiary/aromatic N) is 3. The molecule has 0 aliphatic carbocycles. The molecule has 1 aliphatic heterocycles. The Morgan fingerprint density at radius 1 is 1.15 bits per heavy atom. The summed E-state index contributed by atoms with van der Waals surface area (Å²) >= 11 is 0. The summed E-state index contributed by atoms with van der Waals surface area (Å²) in [5, 5.41) is 16.8. The lowest BCUT2D eigenvalue weighted by Gasteiger charge is -2.21. The molecule has 0 bridgehead atoms. The van der Waals surface area contributed by atoms with Gasteiger partial charge in [0.15, 0.2) is 0 Å². The second kappa shape index (κ2) is 9.38. The summed E-state index contributed by atoms with van der Waals surface area (Å²) in [5.74, 6) is -0.0341. The lowest BCUT2D eigenvalue weighted by Crippen LogP contribution is -2.33. The molecule has 1 amide bonds. The van der Waals surface area contributed by atoms with Crippen LogP contribution in [0.15, 0.2) is 63.2 Å². The molecule has 2 N–H and O–H groups in total. The molecule has 176 valence electrons. The number of rotatable bonds is 6. The van der Waals surface area contributed by atoms with Crippen LogP contribution in [0, 0.1) is 6.92 Å². The molecular formula is C25H26N4O5. The van der Waals surface area contributed by atoms with Crippen LogP contribution in [-0.4, -0.2) is 37.9 Å². The number of aromatic amines is 1. The van der Waals surface area contributed by atoms with E-state index in [0.717, 1.165) is 15.7 Å². The van der Waals surface area contributed by atoms with Crippen LogP contribution >= 0.6 is 0 Å². The maximum atomic E-state index is 12.8. The molecule has 2 heterocycles. The normalized spacial score (nSPS) is 15.3. The van der Waals surface area contributed by atoms with Crippen LogP contribution in [0.2, 0.25) is 0 Å². The van der Waals surface area contributed by atoms with Gasteiger partial charge in [0.25, 0.3) is 5.56 Å². The number of amides is 1. The van der Waals surface area contributed by atoms with Gasteiger partial charge in [-0.2, -0.15) is 5.10 Å². The minimum Gasteiger partial charge on any atom is -0.494 e. The van der Waals surface area contributed by atoms with E-state index in [0.29, 0.717) is 18.0 Å². The molecule has 0 saturated carbocycles. The number of hydrazone groups is 1. The van der Waals surface area contributed by atoms with Crippen molar-refractivity contribution in [2.75, 3.05) is 6.61 Å². The van der Waals surface area contributed by atoms with E-state index in [1.807, 2.05) is 37.3 Å². The fraction of sp³-hybridized carbons (Fsp3) is 0.280. The summed E-state index contributed by atoms with van der Waals surface area (Å²) in [7, 11) is 0. The van der Waals surface area contributed by atoms with Gasteiger partial charge in [-0.3, -0.25) is 14.6 Å².